The molecule has 0 aromatic rings. The Labute approximate surface area is 48.2 Å². The zero-order valence-corrected chi connectivity index (χ0v) is 4.82. The molecule has 0 spiro atoms. The molecular weight excluding hydrogens is 105 g/mol. The fourth-order valence-corrected chi connectivity index (χ4v) is 0.237. The van der Waals surface area contributed by atoms with Crippen LogP contribution in [-0.2, 0) is 0 Å². The topological polar surface area (TPSA) is 12.4 Å². The Balaban J connectivity index is 3.94. The molecule has 0 bridgehead atoms. The zero-order valence-electron chi connectivity index (χ0n) is 4.82. The van der Waals surface area contributed by atoms with Gasteiger partial charge >= 0.3 is 0 Å². The van der Waals surface area contributed by atoms with Crippen LogP contribution in [0.15, 0.2) is 30.2 Å². The van der Waals surface area contributed by atoms with Crippen LogP contribution in [0.5, 0.6) is 0 Å². The first kappa shape index (κ1) is 7.08. The molecule has 0 heterocycles. The monoisotopic (exact) mass is 113 g/mol. The molecule has 0 aromatic carbocycles. The zero-order chi connectivity index (χ0) is 6.57. The average molecular weight is 113 g/mol. The summed E-state index contributed by atoms with van der Waals surface area (Å²) < 4.78 is 11.7. The highest BCUT2D eigenvalue weighted by atomic mass is 19.1. The van der Waals surface area contributed by atoms with E-state index in [1.165, 1.54) is 6.08 Å². The van der Waals surface area contributed by atoms with Gasteiger partial charge in [0.05, 0.1) is 0 Å². The van der Waals surface area contributed by atoms with Gasteiger partial charge in [0.2, 0.25) is 5.95 Å². The fourth-order valence-electron chi connectivity index (χ4n) is 0.237. The van der Waals surface area contributed by atoms with E-state index < -0.39 is 5.95 Å². The molecule has 0 N–H and O–H groups in total. The van der Waals surface area contributed by atoms with Crippen molar-refractivity contribution in [2.45, 2.75) is 6.92 Å². The number of hydrogen-bond donors (Lipinski definition) is 0. The summed E-state index contributed by atoms with van der Waals surface area (Å²) in [6.07, 6.45) is 1.46. The summed E-state index contributed by atoms with van der Waals surface area (Å²) in [5.74, 6) is -0.678. The van der Waals surface area contributed by atoms with Crippen molar-refractivity contribution in [3.63, 3.8) is 0 Å². The average Bonchev–Trinajstić information content (AvgIpc) is 1.65. The maximum Gasteiger partial charge on any atom is 0.205 e. The highest BCUT2D eigenvalue weighted by molar-refractivity contribution is 5.92. The number of hydrogen-bond acceptors (Lipinski definition) is 1. The molecule has 0 aliphatic carbocycles. The summed E-state index contributed by atoms with van der Waals surface area (Å²) in [5.41, 5.74) is 0.539. The summed E-state index contributed by atoms with van der Waals surface area (Å²) in [4.78, 5) is 3.33. The molecule has 0 amide bonds. The highest BCUT2D eigenvalue weighted by Gasteiger charge is 1.81. The van der Waals surface area contributed by atoms with E-state index in [0.717, 1.165) is 0 Å². The quantitative estimate of drug-likeness (QED) is 0.384. The summed E-state index contributed by atoms with van der Waals surface area (Å²) in [6, 6.07) is 0. The summed E-state index contributed by atoms with van der Waals surface area (Å²) in [7, 11) is 0. The van der Waals surface area contributed by atoms with Crippen molar-refractivity contribution in [3.05, 3.63) is 25.2 Å². The van der Waals surface area contributed by atoms with Crippen LogP contribution >= 0.6 is 0 Å². The Kier molecular flexibility index (Phi) is 2.77. The van der Waals surface area contributed by atoms with Crippen LogP contribution in [0.25, 0.3) is 0 Å². The first-order chi connectivity index (χ1) is 3.66. The molecule has 0 fully saturated rings. The van der Waals surface area contributed by atoms with Gasteiger partial charge in [-0.2, -0.15) is 4.39 Å². The van der Waals surface area contributed by atoms with Crippen LogP contribution in [0.4, 0.5) is 4.39 Å². The van der Waals surface area contributed by atoms with Gasteiger partial charge in [0, 0.05) is 5.71 Å². The molecule has 0 unspecified atom stereocenters. The Morgan fingerprint density at radius 2 is 2.25 bits per heavy atom. The smallest absolute Gasteiger partial charge is 0.205 e. The second kappa shape index (κ2) is 3.13. The van der Waals surface area contributed by atoms with E-state index in [4.69, 9.17) is 0 Å². The van der Waals surface area contributed by atoms with Crippen molar-refractivity contribution in [1.82, 2.24) is 0 Å². The largest absolute Gasteiger partial charge is 0.226 e. The normalized spacial score (nSPS) is 11.0. The van der Waals surface area contributed by atoms with Crippen molar-refractivity contribution in [2.75, 3.05) is 0 Å². The van der Waals surface area contributed by atoms with Crippen molar-refractivity contribution in [3.8, 4) is 0 Å². The minimum atomic E-state index is -0.678. The van der Waals surface area contributed by atoms with E-state index in [1.807, 2.05) is 0 Å². The van der Waals surface area contributed by atoms with Gasteiger partial charge in [-0.3, -0.25) is 0 Å². The van der Waals surface area contributed by atoms with Gasteiger partial charge in [0.25, 0.3) is 0 Å². The van der Waals surface area contributed by atoms with Crippen molar-refractivity contribution in [1.29, 1.82) is 0 Å². The molecule has 8 heavy (non-hydrogen) atoms. The van der Waals surface area contributed by atoms with Crippen LogP contribution < -0.4 is 0 Å². The maximum atomic E-state index is 11.7. The second-order valence-corrected chi connectivity index (χ2v) is 1.33. The molecule has 0 aromatic heterocycles. The van der Waals surface area contributed by atoms with Gasteiger partial charge < -0.3 is 0 Å². The van der Waals surface area contributed by atoms with E-state index in [1.54, 1.807) is 6.92 Å². The summed E-state index contributed by atoms with van der Waals surface area (Å²) >= 11 is 0. The van der Waals surface area contributed by atoms with Crippen molar-refractivity contribution in [2.24, 2.45) is 4.99 Å². The molecule has 0 saturated heterocycles. The lowest BCUT2D eigenvalue weighted by Gasteiger charge is -1.84. The third kappa shape index (κ3) is 3.28. The molecule has 44 valence electrons. The van der Waals surface area contributed by atoms with Crippen LogP contribution in [0.2, 0.25) is 0 Å². The van der Waals surface area contributed by atoms with Gasteiger partial charge in [-0.1, -0.05) is 6.58 Å². The first-order valence-corrected chi connectivity index (χ1v) is 2.19. The lowest BCUT2D eigenvalue weighted by Crippen LogP contribution is -1.80. The minimum Gasteiger partial charge on any atom is -0.226 e. The predicted octanol–water partition coefficient (Wildman–Crippen LogP) is 2.07. The number of aliphatic imine (C=N–C) groups is 1. The Morgan fingerprint density at radius 1 is 1.75 bits per heavy atom. The molecule has 0 rings (SSSR count). The van der Waals surface area contributed by atoms with Crippen molar-refractivity contribution < 1.29 is 4.39 Å². The molecule has 2 heteroatoms. The van der Waals surface area contributed by atoms with Crippen LogP contribution in [0, 0.1) is 0 Å². The summed E-state index contributed by atoms with van der Waals surface area (Å²) in [6.45, 7) is 7.97. The van der Waals surface area contributed by atoms with E-state index in [0.29, 0.717) is 5.71 Å². The molecule has 0 radical (unpaired) electrons. The minimum absolute atomic E-state index is 0.539. The summed E-state index contributed by atoms with van der Waals surface area (Å²) in [5, 5.41) is 0. The Bertz CT molecular complexity index is 135. The second-order valence-electron chi connectivity index (χ2n) is 1.33. The van der Waals surface area contributed by atoms with Crippen LogP contribution in [0.1, 0.15) is 6.92 Å². The van der Waals surface area contributed by atoms with Gasteiger partial charge in [-0.15, -0.1) is 0 Å². The highest BCUT2D eigenvalue weighted by Crippen LogP contribution is 1.93. The molecule has 0 saturated carbocycles. The van der Waals surface area contributed by atoms with E-state index >= 15 is 0 Å². The number of allylic oxidation sites excluding steroid dienone is 1. The maximum absolute atomic E-state index is 11.7. The van der Waals surface area contributed by atoms with Crippen molar-refractivity contribution >= 4 is 5.71 Å². The number of halogens is 1. The Hall–Kier alpha value is -0.920. The predicted molar refractivity (Wildman–Crippen MR) is 33.6 cm³/mol. The molecular formula is C6H8FN. The van der Waals surface area contributed by atoms with E-state index in [2.05, 4.69) is 18.2 Å². The van der Waals surface area contributed by atoms with Gasteiger partial charge in [-0.25, -0.2) is 4.99 Å². The number of nitrogens with zero attached hydrogens (tertiary/aromatic N) is 1. The number of rotatable bonds is 2. The lowest BCUT2D eigenvalue weighted by molar-refractivity contribution is 0.633. The standard InChI is InChI=1S/C6H8FN/c1-4-5(2)8-6(3)7/h4H,1,3H2,2H3/b8-5-. The third-order valence-corrected chi connectivity index (χ3v) is 0.593. The molecule has 0 atom stereocenters. The van der Waals surface area contributed by atoms with Gasteiger partial charge in [0.1, 0.15) is 0 Å². The molecule has 1 nitrogen and oxygen atoms in total. The first-order valence-electron chi connectivity index (χ1n) is 2.19. The molecule has 0 aliphatic heterocycles. The van der Waals surface area contributed by atoms with Gasteiger partial charge in [-0.05, 0) is 19.6 Å². The molecule has 0 aliphatic rings. The van der Waals surface area contributed by atoms with Gasteiger partial charge in [0.15, 0.2) is 0 Å². The SMILES string of the molecule is C=C/C(C)=N\C(=C)F. The Morgan fingerprint density at radius 3 is 2.38 bits per heavy atom. The van der Waals surface area contributed by atoms with Crippen LogP contribution in [-0.4, -0.2) is 5.71 Å². The fraction of sp³-hybridized carbons (Fsp3) is 0.167. The lowest BCUT2D eigenvalue weighted by atomic mass is 10.4. The van der Waals surface area contributed by atoms with E-state index in [9.17, 15) is 4.39 Å². The van der Waals surface area contributed by atoms with Crippen LogP contribution in [0.3, 0.4) is 0 Å². The third-order valence-electron chi connectivity index (χ3n) is 0.593. The van der Waals surface area contributed by atoms with E-state index in [-0.39, 0.29) is 0 Å².